The molecule has 1 rings (SSSR count). The highest BCUT2D eigenvalue weighted by molar-refractivity contribution is 5.33. The molecule has 3 heteroatoms. The van der Waals surface area contributed by atoms with Gasteiger partial charge in [-0.3, -0.25) is 0 Å². The summed E-state index contributed by atoms with van der Waals surface area (Å²) >= 11 is 0. The van der Waals surface area contributed by atoms with Gasteiger partial charge in [0.25, 0.3) is 0 Å². The first kappa shape index (κ1) is 17.0. The van der Waals surface area contributed by atoms with E-state index in [0.29, 0.717) is 19.3 Å². The highest BCUT2D eigenvalue weighted by Crippen LogP contribution is 2.17. The highest BCUT2D eigenvalue weighted by Gasteiger charge is 2.04. The average molecular weight is 279 g/mol. The second-order valence-electron chi connectivity index (χ2n) is 5.10. The number of hydrogen-bond donors (Lipinski definition) is 1. The topological polar surface area (TPSA) is 30.5 Å². The van der Waals surface area contributed by atoms with Crippen molar-refractivity contribution in [3.05, 3.63) is 29.8 Å². The van der Waals surface area contributed by atoms with Crippen molar-refractivity contribution in [1.82, 2.24) is 5.32 Å². The van der Waals surface area contributed by atoms with Crippen LogP contribution in [0.15, 0.2) is 24.3 Å². The van der Waals surface area contributed by atoms with Crippen LogP contribution in [-0.4, -0.2) is 25.9 Å². The predicted octanol–water partition coefficient (Wildman–Crippen LogP) is 3.77. The maximum atomic E-state index is 5.83. The maximum Gasteiger partial charge on any atom is 0.123 e. The Kier molecular flexibility index (Phi) is 9.09. The summed E-state index contributed by atoms with van der Waals surface area (Å²) < 4.78 is 11.5. The van der Waals surface area contributed by atoms with Gasteiger partial charge in [0.05, 0.1) is 12.7 Å². The Labute approximate surface area is 123 Å². The molecule has 0 aromatic heterocycles. The summed E-state index contributed by atoms with van der Waals surface area (Å²) in [5.41, 5.74) is 1.21. The van der Waals surface area contributed by atoms with Gasteiger partial charge in [-0.05, 0) is 32.4 Å². The molecule has 0 saturated carbocycles. The van der Waals surface area contributed by atoms with Gasteiger partial charge in [0.1, 0.15) is 12.4 Å². The standard InChI is InChI=1S/C17H29NO2/c1-4-8-15(3)19-12-13-20-17-10-7-6-9-16(17)14-18-11-5-2/h6-7,9-10,15,18H,4-5,8,11-14H2,1-3H3. The third-order valence-corrected chi connectivity index (χ3v) is 3.15. The second-order valence-corrected chi connectivity index (χ2v) is 5.10. The van der Waals surface area contributed by atoms with Gasteiger partial charge in [0.2, 0.25) is 0 Å². The van der Waals surface area contributed by atoms with Crippen LogP contribution in [0.4, 0.5) is 0 Å². The van der Waals surface area contributed by atoms with E-state index in [9.17, 15) is 0 Å². The fraction of sp³-hybridized carbons (Fsp3) is 0.647. The lowest BCUT2D eigenvalue weighted by Crippen LogP contribution is -2.16. The first-order chi connectivity index (χ1) is 9.77. The molecule has 0 amide bonds. The van der Waals surface area contributed by atoms with E-state index in [2.05, 4.69) is 38.2 Å². The summed E-state index contributed by atoms with van der Waals surface area (Å²) in [4.78, 5) is 0. The molecule has 20 heavy (non-hydrogen) atoms. The first-order valence-corrected chi connectivity index (χ1v) is 7.80. The summed E-state index contributed by atoms with van der Waals surface area (Å²) in [6, 6.07) is 8.20. The Balaban J connectivity index is 2.31. The minimum atomic E-state index is 0.324. The normalized spacial score (nSPS) is 12.3. The molecule has 0 aliphatic heterocycles. The van der Waals surface area contributed by atoms with E-state index < -0.39 is 0 Å². The lowest BCUT2D eigenvalue weighted by atomic mass is 10.2. The number of nitrogens with one attached hydrogen (secondary N) is 1. The molecular formula is C17H29NO2. The fourth-order valence-corrected chi connectivity index (χ4v) is 2.08. The molecule has 0 aliphatic carbocycles. The second kappa shape index (κ2) is 10.7. The fourth-order valence-electron chi connectivity index (χ4n) is 2.08. The van der Waals surface area contributed by atoms with Crippen molar-refractivity contribution in [1.29, 1.82) is 0 Å². The molecule has 1 aromatic carbocycles. The third-order valence-electron chi connectivity index (χ3n) is 3.15. The molecule has 0 aliphatic rings. The molecule has 0 heterocycles. The van der Waals surface area contributed by atoms with E-state index in [1.165, 1.54) is 5.56 Å². The third kappa shape index (κ3) is 6.92. The van der Waals surface area contributed by atoms with Crippen molar-refractivity contribution in [3.8, 4) is 5.75 Å². The van der Waals surface area contributed by atoms with Crippen molar-refractivity contribution >= 4 is 0 Å². The molecule has 0 spiro atoms. The van der Waals surface area contributed by atoms with Crippen LogP contribution < -0.4 is 10.1 Å². The lowest BCUT2D eigenvalue weighted by Gasteiger charge is -2.14. The smallest absolute Gasteiger partial charge is 0.123 e. The van der Waals surface area contributed by atoms with Crippen LogP contribution in [0, 0.1) is 0 Å². The van der Waals surface area contributed by atoms with E-state index in [1.54, 1.807) is 0 Å². The van der Waals surface area contributed by atoms with E-state index in [0.717, 1.165) is 38.1 Å². The van der Waals surface area contributed by atoms with Gasteiger partial charge in [0, 0.05) is 12.1 Å². The van der Waals surface area contributed by atoms with E-state index in [-0.39, 0.29) is 0 Å². The van der Waals surface area contributed by atoms with E-state index in [1.807, 2.05) is 12.1 Å². The van der Waals surface area contributed by atoms with Crippen LogP contribution in [0.5, 0.6) is 5.75 Å². The quantitative estimate of drug-likeness (QED) is 0.625. The molecule has 0 fully saturated rings. The summed E-state index contributed by atoms with van der Waals surface area (Å²) in [5, 5.41) is 3.41. The first-order valence-electron chi connectivity index (χ1n) is 7.80. The number of benzene rings is 1. The van der Waals surface area contributed by atoms with Gasteiger partial charge in [-0.1, -0.05) is 38.5 Å². The number of hydrogen-bond acceptors (Lipinski definition) is 3. The Morgan fingerprint density at radius 2 is 1.90 bits per heavy atom. The van der Waals surface area contributed by atoms with Crippen LogP contribution in [0.1, 0.15) is 45.6 Å². The average Bonchev–Trinajstić information content (AvgIpc) is 2.45. The van der Waals surface area contributed by atoms with Gasteiger partial charge in [-0.25, -0.2) is 0 Å². The molecule has 0 radical (unpaired) electrons. The molecule has 3 nitrogen and oxygen atoms in total. The molecule has 1 aromatic rings. The number of rotatable bonds is 11. The summed E-state index contributed by atoms with van der Waals surface area (Å²) in [7, 11) is 0. The zero-order valence-corrected chi connectivity index (χ0v) is 13.2. The molecule has 114 valence electrons. The van der Waals surface area contributed by atoms with Gasteiger partial charge in [-0.15, -0.1) is 0 Å². The summed E-state index contributed by atoms with van der Waals surface area (Å²) in [5.74, 6) is 0.961. The van der Waals surface area contributed by atoms with Crippen LogP contribution in [0.25, 0.3) is 0 Å². The maximum absolute atomic E-state index is 5.83. The molecule has 1 N–H and O–H groups in total. The van der Waals surface area contributed by atoms with Gasteiger partial charge >= 0.3 is 0 Å². The lowest BCUT2D eigenvalue weighted by molar-refractivity contribution is 0.0393. The van der Waals surface area contributed by atoms with Crippen LogP contribution in [-0.2, 0) is 11.3 Å². The molecule has 1 atom stereocenters. The number of para-hydroxylation sites is 1. The van der Waals surface area contributed by atoms with Crippen molar-refractivity contribution in [2.75, 3.05) is 19.8 Å². The molecular weight excluding hydrogens is 250 g/mol. The minimum absolute atomic E-state index is 0.324. The van der Waals surface area contributed by atoms with E-state index in [4.69, 9.17) is 9.47 Å². The van der Waals surface area contributed by atoms with Crippen LogP contribution in [0.3, 0.4) is 0 Å². The zero-order valence-electron chi connectivity index (χ0n) is 13.2. The van der Waals surface area contributed by atoms with Crippen molar-refractivity contribution in [3.63, 3.8) is 0 Å². The minimum Gasteiger partial charge on any atom is -0.491 e. The van der Waals surface area contributed by atoms with Crippen molar-refractivity contribution < 1.29 is 9.47 Å². The zero-order chi connectivity index (χ0) is 14.6. The molecule has 0 bridgehead atoms. The van der Waals surface area contributed by atoms with Gasteiger partial charge in [0.15, 0.2) is 0 Å². The van der Waals surface area contributed by atoms with Gasteiger partial charge < -0.3 is 14.8 Å². The van der Waals surface area contributed by atoms with Crippen molar-refractivity contribution in [2.24, 2.45) is 0 Å². The summed E-state index contributed by atoms with van der Waals surface area (Å²) in [6.45, 7) is 9.62. The Morgan fingerprint density at radius 3 is 2.65 bits per heavy atom. The van der Waals surface area contributed by atoms with E-state index >= 15 is 0 Å². The Hall–Kier alpha value is -1.06. The van der Waals surface area contributed by atoms with Crippen LogP contribution in [0.2, 0.25) is 0 Å². The van der Waals surface area contributed by atoms with Gasteiger partial charge in [-0.2, -0.15) is 0 Å². The predicted molar refractivity (Wildman–Crippen MR) is 84.3 cm³/mol. The summed E-state index contributed by atoms with van der Waals surface area (Å²) in [6.07, 6.45) is 3.74. The highest BCUT2D eigenvalue weighted by atomic mass is 16.5. The largest absolute Gasteiger partial charge is 0.491 e. The Bertz CT molecular complexity index is 355. The SMILES string of the molecule is CCCNCc1ccccc1OCCOC(C)CCC. The Morgan fingerprint density at radius 1 is 1.10 bits per heavy atom. The molecule has 0 saturated heterocycles. The number of ether oxygens (including phenoxy) is 2. The van der Waals surface area contributed by atoms with Crippen molar-refractivity contribution in [2.45, 2.75) is 52.7 Å². The van der Waals surface area contributed by atoms with Crippen LogP contribution >= 0.6 is 0 Å². The molecule has 1 unspecified atom stereocenters. The monoisotopic (exact) mass is 279 g/mol.